The quantitative estimate of drug-likeness (QED) is 0.380. The van der Waals surface area contributed by atoms with Gasteiger partial charge >= 0.3 is 5.97 Å². The molecular weight excluding hydrogens is 396 g/mol. The lowest BCUT2D eigenvalue weighted by Crippen LogP contribution is -2.47. The average Bonchev–Trinajstić information content (AvgIpc) is 2.97. The minimum absolute atomic E-state index is 0.0309. The molecule has 0 bridgehead atoms. The van der Waals surface area contributed by atoms with Gasteiger partial charge in [0.05, 0.1) is 18.6 Å². The highest BCUT2D eigenvalue weighted by Crippen LogP contribution is 2.39. The van der Waals surface area contributed by atoms with Crippen molar-refractivity contribution in [1.82, 2.24) is 0 Å². The molecule has 0 amide bonds. The summed E-state index contributed by atoms with van der Waals surface area (Å²) in [6, 6.07) is 9.75. The van der Waals surface area contributed by atoms with Crippen molar-refractivity contribution < 1.29 is 24.2 Å². The van der Waals surface area contributed by atoms with Crippen LogP contribution in [-0.4, -0.2) is 42.8 Å². The largest absolute Gasteiger partial charge is 0.488 e. The first-order valence-corrected chi connectivity index (χ1v) is 13.8. The van der Waals surface area contributed by atoms with E-state index in [0.29, 0.717) is 12.8 Å². The fourth-order valence-electron chi connectivity index (χ4n) is 3.62. The fourth-order valence-corrected chi connectivity index (χ4v) is 5.04. The van der Waals surface area contributed by atoms with Crippen molar-refractivity contribution >= 4 is 14.3 Å². The first-order chi connectivity index (χ1) is 13.9. The zero-order chi connectivity index (χ0) is 22.5. The van der Waals surface area contributed by atoms with E-state index in [9.17, 15) is 15.0 Å². The van der Waals surface area contributed by atoms with Crippen LogP contribution in [-0.2, 0) is 9.22 Å². The van der Waals surface area contributed by atoms with Crippen LogP contribution in [0.4, 0.5) is 0 Å². The minimum atomic E-state index is -2.02. The van der Waals surface area contributed by atoms with E-state index in [1.165, 1.54) is 0 Å². The minimum Gasteiger partial charge on any atom is -0.488 e. The second-order valence-electron chi connectivity index (χ2n) is 9.88. The number of aliphatic carboxylic acids is 1. The van der Waals surface area contributed by atoms with Crippen LogP contribution in [0.15, 0.2) is 42.0 Å². The summed E-state index contributed by atoms with van der Waals surface area (Å²) in [4.78, 5) is 11.2. The Hall–Kier alpha value is -1.63. The number of aliphatic hydroxyl groups excluding tert-OH is 1. The molecule has 4 atom stereocenters. The Morgan fingerprint density at radius 2 is 1.87 bits per heavy atom. The summed E-state index contributed by atoms with van der Waals surface area (Å²) in [5.74, 6) is -0.365. The number of hydrogen-bond donors (Lipinski definition) is 2. The van der Waals surface area contributed by atoms with E-state index in [1.54, 1.807) is 0 Å². The van der Waals surface area contributed by atoms with Gasteiger partial charge in [-0.3, -0.25) is 4.79 Å². The van der Waals surface area contributed by atoms with Crippen molar-refractivity contribution in [2.45, 2.75) is 89.8 Å². The number of rotatable bonds is 10. The van der Waals surface area contributed by atoms with Gasteiger partial charge in [0.1, 0.15) is 11.9 Å². The maximum absolute atomic E-state index is 11.2. The first kappa shape index (κ1) is 24.6. The van der Waals surface area contributed by atoms with Gasteiger partial charge in [-0.25, -0.2) is 0 Å². The molecule has 0 saturated carbocycles. The average molecular weight is 435 g/mol. The lowest BCUT2D eigenvalue weighted by Gasteiger charge is -2.41. The topological polar surface area (TPSA) is 76.0 Å². The number of benzene rings is 1. The van der Waals surface area contributed by atoms with E-state index in [0.717, 1.165) is 17.7 Å². The van der Waals surface area contributed by atoms with Crippen molar-refractivity contribution in [2.75, 3.05) is 0 Å². The van der Waals surface area contributed by atoms with Crippen molar-refractivity contribution in [3.8, 4) is 5.75 Å². The predicted molar refractivity (Wildman–Crippen MR) is 122 cm³/mol. The molecule has 0 fully saturated rings. The van der Waals surface area contributed by atoms with E-state index in [1.807, 2.05) is 43.3 Å². The summed E-state index contributed by atoms with van der Waals surface area (Å²) < 4.78 is 12.9. The van der Waals surface area contributed by atoms with Crippen molar-refractivity contribution in [3.63, 3.8) is 0 Å². The van der Waals surface area contributed by atoms with Gasteiger partial charge in [-0.05, 0) is 56.5 Å². The van der Waals surface area contributed by atoms with Crippen LogP contribution in [0.25, 0.3) is 0 Å². The van der Waals surface area contributed by atoms with Gasteiger partial charge in [0.15, 0.2) is 8.32 Å². The van der Waals surface area contributed by atoms with Gasteiger partial charge in [-0.2, -0.15) is 0 Å². The molecule has 2 rings (SSSR count). The van der Waals surface area contributed by atoms with Crippen molar-refractivity contribution in [1.29, 1.82) is 0 Å². The lowest BCUT2D eigenvalue weighted by molar-refractivity contribution is -0.138. The third-order valence-corrected chi connectivity index (χ3v) is 11.0. The highest BCUT2D eigenvalue weighted by Gasteiger charge is 2.41. The molecule has 1 aromatic carbocycles. The zero-order valence-corrected chi connectivity index (χ0v) is 20.2. The van der Waals surface area contributed by atoms with Gasteiger partial charge in [0.2, 0.25) is 0 Å². The van der Waals surface area contributed by atoms with Crippen LogP contribution < -0.4 is 4.74 Å². The van der Waals surface area contributed by atoms with Gasteiger partial charge in [-0.1, -0.05) is 50.6 Å². The fraction of sp³-hybridized carbons (Fsp3) is 0.625. The Balaban J connectivity index is 2.13. The maximum atomic E-state index is 11.2. The number of aliphatic hydroxyl groups is 1. The highest BCUT2D eigenvalue weighted by atomic mass is 28.4. The zero-order valence-electron chi connectivity index (χ0n) is 19.2. The summed E-state index contributed by atoms with van der Waals surface area (Å²) in [6.45, 7) is 13.2. The van der Waals surface area contributed by atoms with Crippen LogP contribution >= 0.6 is 0 Å². The summed E-state index contributed by atoms with van der Waals surface area (Å²) in [7, 11) is -2.02. The van der Waals surface area contributed by atoms with Crippen molar-refractivity contribution in [2.24, 2.45) is 5.92 Å². The van der Waals surface area contributed by atoms with E-state index < -0.39 is 20.4 Å². The molecule has 5 nitrogen and oxygen atoms in total. The van der Waals surface area contributed by atoms with Gasteiger partial charge in [0, 0.05) is 5.92 Å². The second kappa shape index (κ2) is 10.1. The molecule has 0 aliphatic heterocycles. The van der Waals surface area contributed by atoms with Gasteiger partial charge < -0.3 is 19.4 Å². The molecule has 0 saturated heterocycles. The number of carboxylic acids is 1. The number of hydrogen-bond acceptors (Lipinski definition) is 4. The Kier molecular flexibility index (Phi) is 8.31. The molecule has 0 spiro atoms. The van der Waals surface area contributed by atoms with Crippen LogP contribution in [0.5, 0.6) is 5.75 Å². The second-order valence-corrected chi connectivity index (χ2v) is 14.6. The van der Waals surface area contributed by atoms with Gasteiger partial charge in [-0.15, -0.1) is 0 Å². The molecule has 0 aromatic heterocycles. The number of carbonyl (C=O) groups is 1. The first-order valence-electron chi connectivity index (χ1n) is 10.9. The maximum Gasteiger partial charge on any atom is 0.304 e. The number of carboxylic acid groups (broad SMARTS) is 1. The summed E-state index contributed by atoms with van der Waals surface area (Å²) in [5, 5.41) is 19.5. The third-order valence-electron chi connectivity index (χ3n) is 6.52. The van der Waals surface area contributed by atoms with Crippen LogP contribution in [0.1, 0.15) is 53.4 Å². The summed E-state index contributed by atoms with van der Waals surface area (Å²) in [6.07, 6.45) is 3.07. The highest BCUT2D eigenvalue weighted by molar-refractivity contribution is 6.74. The third kappa shape index (κ3) is 6.69. The Labute approximate surface area is 182 Å². The molecule has 0 radical (unpaired) electrons. The van der Waals surface area contributed by atoms with E-state index in [4.69, 9.17) is 9.16 Å². The van der Waals surface area contributed by atoms with Crippen LogP contribution in [0.2, 0.25) is 18.1 Å². The molecule has 4 unspecified atom stereocenters. The monoisotopic (exact) mass is 434 g/mol. The Bertz CT molecular complexity index is 723. The van der Waals surface area contributed by atoms with Gasteiger partial charge in [0.25, 0.3) is 0 Å². The van der Waals surface area contributed by atoms with Crippen molar-refractivity contribution in [3.05, 3.63) is 42.0 Å². The molecule has 1 aliphatic carbocycles. The molecule has 30 heavy (non-hydrogen) atoms. The number of ether oxygens (including phenoxy) is 1. The van der Waals surface area contributed by atoms with E-state index in [-0.39, 0.29) is 29.6 Å². The standard InChI is InChI=1S/C24H38O5Si/c1-17(28-19-10-8-7-9-11-19)22(29-30(5,6)24(2,3)4)15-13-18-12-14-21(25)20(18)16-23(26)27/h7-12,17,20-22,25H,13-16H2,1-6H3,(H,26,27). The van der Waals surface area contributed by atoms with E-state index in [2.05, 4.69) is 33.9 Å². The molecule has 0 heterocycles. The molecule has 1 aliphatic rings. The number of para-hydroxylation sites is 1. The predicted octanol–water partition coefficient (Wildman–Crippen LogP) is 5.41. The Morgan fingerprint density at radius 3 is 2.43 bits per heavy atom. The normalized spacial score (nSPS) is 21.8. The summed E-state index contributed by atoms with van der Waals surface area (Å²) in [5.41, 5.74) is 1.03. The smallest absolute Gasteiger partial charge is 0.304 e. The molecular formula is C24H38O5Si. The Morgan fingerprint density at radius 1 is 1.23 bits per heavy atom. The SMILES string of the molecule is CC(Oc1ccccc1)C(CCC1=CCC(O)C1CC(=O)O)O[Si](C)(C)C(C)(C)C. The summed E-state index contributed by atoms with van der Waals surface area (Å²) >= 11 is 0. The molecule has 2 N–H and O–H groups in total. The van der Waals surface area contributed by atoms with Crippen LogP contribution in [0.3, 0.4) is 0 Å². The lowest BCUT2D eigenvalue weighted by atomic mass is 9.91. The molecule has 168 valence electrons. The van der Waals surface area contributed by atoms with E-state index >= 15 is 0 Å². The molecule has 1 aromatic rings. The molecule has 6 heteroatoms. The van der Waals surface area contributed by atoms with Crippen LogP contribution in [0, 0.1) is 5.92 Å².